The molecule has 2 heterocycles. The number of allylic oxidation sites excluding steroid dienone is 2. The first-order valence-corrected chi connectivity index (χ1v) is 4.29. The van der Waals surface area contributed by atoms with Gasteiger partial charge in [-0.05, 0) is 34.7 Å². The molecule has 0 radical (unpaired) electrons. The van der Waals surface area contributed by atoms with Gasteiger partial charge in [0.05, 0.1) is 0 Å². The monoisotopic (exact) mass is 247 g/mol. The molecule has 2 rings (SSSR count). The lowest BCUT2D eigenvalue weighted by molar-refractivity contribution is 0.372. The number of halogens is 1. The highest BCUT2D eigenvalue weighted by atomic mass is 127. The fourth-order valence-corrected chi connectivity index (χ4v) is 1.64. The molecular formula is C6H6IN3. The Balaban J connectivity index is 2.26. The highest BCUT2D eigenvalue weighted by Gasteiger charge is 2.25. The van der Waals surface area contributed by atoms with Gasteiger partial charge >= 0.3 is 0 Å². The molecule has 0 amide bonds. The minimum atomic E-state index is 0.159. The number of hydrogen-bond acceptors (Lipinski definition) is 3. The Morgan fingerprint density at radius 2 is 2.20 bits per heavy atom. The molecule has 4 heteroatoms. The molecule has 0 fully saturated rings. The third-order valence-corrected chi connectivity index (χ3v) is 2.38. The van der Waals surface area contributed by atoms with Crippen LogP contribution in [0.25, 0.3) is 0 Å². The van der Waals surface area contributed by atoms with Crippen LogP contribution < -0.4 is 0 Å². The van der Waals surface area contributed by atoms with Gasteiger partial charge in [0, 0.05) is 6.20 Å². The summed E-state index contributed by atoms with van der Waals surface area (Å²) in [4.78, 5) is 2.10. The van der Waals surface area contributed by atoms with E-state index < -0.39 is 0 Å². The zero-order chi connectivity index (χ0) is 6.97. The second-order valence-electron chi connectivity index (χ2n) is 2.13. The van der Waals surface area contributed by atoms with E-state index in [2.05, 4.69) is 37.7 Å². The molecule has 0 aliphatic carbocycles. The van der Waals surface area contributed by atoms with E-state index in [4.69, 9.17) is 0 Å². The van der Waals surface area contributed by atoms with Crippen molar-refractivity contribution in [3.63, 3.8) is 0 Å². The van der Waals surface area contributed by atoms with Crippen molar-refractivity contribution in [2.24, 2.45) is 10.2 Å². The van der Waals surface area contributed by atoms with Gasteiger partial charge in [0.2, 0.25) is 0 Å². The summed E-state index contributed by atoms with van der Waals surface area (Å²) in [5.74, 6) is 0. The Morgan fingerprint density at radius 3 is 3.00 bits per heavy atom. The summed E-state index contributed by atoms with van der Waals surface area (Å²) in [6, 6.07) is 0. The van der Waals surface area contributed by atoms with Crippen LogP contribution in [0.2, 0.25) is 0 Å². The van der Waals surface area contributed by atoms with E-state index >= 15 is 0 Å². The van der Waals surface area contributed by atoms with E-state index in [0.717, 1.165) is 0 Å². The Hall–Kier alpha value is -0.390. The number of fused-ring (bicyclic) bond motifs is 1. The van der Waals surface area contributed by atoms with Crippen LogP contribution in [0.3, 0.4) is 0 Å². The Kier molecular flexibility index (Phi) is 1.48. The largest absolute Gasteiger partial charge is 0.319 e. The van der Waals surface area contributed by atoms with Crippen molar-refractivity contribution < 1.29 is 0 Å². The van der Waals surface area contributed by atoms with Crippen molar-refractivity contribution >= 4 is 22.6 Å². The molecule has 2 unspecified atom stereocenters. The third kappa shape index (κ3) is 0.865. The molecule has 52 valence electrons. The Labute approximate surface area is 72.6 Å². The van der Waals surface area contributed by atoms with E-state index in [1.807, 2.05) is 24.4 Å². The van der Waals surface area contributed by atoms with E-state index in [9.17, 15) is 0 Å². The average molecular weight is 247 g/mol. The highest BCUT2D eigenvalue weighted by molar-refractivity contribution is 14.1. The lowest BCUT2D eigenvalue weighted by Crippen LogP contribution is -2.28. The second kappa shape index (κ2) is 2.34. The SMILES string of the molecule is IC1N=NC2C=CC=CN12. The number of rotatable bonds is 0. The standard InChI is InChI=1S/C6H6IN3/c7-6-9-8-5-3-1-2-4-10(5)6/h1-6H. The predicted molar refractivity (Wildman–Crippen MR) is 46.6 cm³/mol. The summed E-state index contributed by atoms with van der Waals surface area (Å²) in [7, 11) is 0. The maximum atomic E-state index is 4.04. The van der Waals surface area contributed by atoms with Gasteiger partial charge in [0.1, 0.15) is 0 Å². The minimum absolute atomic E-state index is 0.159. The normalized spacial score (nSPS) is 35.1. The maximum Gasteiger partial charge on any atom is 0.195 e. The summed E-state index contributed by atoms with van der Waals surface area (Å²) < 4.78 is 0.184. The van der Waals surface area contributed by atoms with Crippen molar-refractivity contribution in [3.8, 4) is 0 Å². The van der Waals surface area contributed by atoms with Crippen LogP contribution >= 0.6 is 22.6 Å². The van der Waals surface area contributed by atoms with Gasteiger partial charge in [-0.2, -0.15) is 10.2 Å². The van der Waals surface area contributed by atoms with Crippen LogP contribution in [0.4, 0.5) is 0 Å². The van der Waals surface area contributed by atoms with E-state index in [1.54, 1.807) is 0 Å². The molecular weight excluding hydrogens is 241 g/mol. The molecule has 2 atom stereocenters. The van der Waals surface area contributed by atoms with Crippen molar-refractivity contribution in [1.29, 1.82) is 0 Å². The summed E-state index contributed by atoms with van der Waals surface area (Å²) in [5, 5.41) is 8.06. The fraction of sp³-hybridized carbons (Fsp3) is 0.333. The van der Waals surface area contributed by atoms with Gasteiger partial charge in [0.25, 0.3) is 0 Å². The predicted octanol–water partition coefficient (Wildman–Crippen LogP) is 1.88. The molecule has 0 aromatic heterocycles. The summed E-state index contributed by atoms with van der Waals surface area (Å²) in [5.41, 5.74) is 0. The topological polar surface area (TPSA) is 28.0 Å². The lowest BCUT2D eigenvalue weighted by Gasteiger charge is -2.21. The van der Waals surface area contributed by atoms with Gasteiger partial charge in [-0.25, -0.2) is 0 Å². The molecule has 10 heavy (non-hydrogen) atoms. The zero-order valence-electron chi connectivity index (χ0n) is 5.18. The Morgan fingerprint density at radius 1 is 1.30 bits per heavy atom. The van der Waals surface area contributed by atoms with E-state index in [-0.39, 0.29) is 10.3 Å². The summed E-state index contributed by atoms with van der Waals surface area (Å²) in [6.07, 6.45) is 8.20. The van der Waals surface area contributed by atoms with Crippen molar-refractivity contribution in [3.05, 3.63) is 24.4 Å². The van der Waals surface area contributed by atoms with Crippen LogP contribution in [0.5, 0.6) is 0 Å². The molecule has 0 aromatic carbocycles. The number of azo groups is 1. The van der Waals surface area contributed by atoms with Crippen molar-refractivity contribution in [2.45, 2.75) is 10.3 Å². The van der Waals surface area contributed by atoms with Crippen molar-refractivity contribution in [2.75, 3.05) is 0 Å². The van der Waals surface area contributed by atoms with Crippen LogP contribution in [-0.4, -0.2) is 15.2 Å². The van der Waals surface area contributed by atoms with Gasteiger partial charge in [0.15, 0.2) is 10.3 Å². The lowest BCUT2D eigenvalue weighted by atomic mass is 10.3. The quantitative estimate of drug-likeness (QED) is 0.365. The van der Waals surface area contributed by atoms with Crippen LogP contribution in [0, 0.1) is 0 Å². The van der Waals surface area contributed by atoms with Crippen LogP contribution in [0.1, 0.15) is 0 Å². The Bertz CT molecular complexity index is 221. The van der Waals surface area contributed by atoms with Gasteiger partial charge in [-0.3, -0.25) is 0 Å². The first-order chi connectivity index (χ1) is 4.88. The molecule has 3 nitrogen and oxygen atoms in total. The maximum absolute atomic E-state index is 4.04. The van der Waals surface area contributed by atoms with E-state index in [1.165, 1.54) is 0 Å². The molecule has 0 bridgehead atoms. The first kappa shape index (κ1) is 6.33. The van der Waals surface area contributed by atoms with E-state index in [0.29, 0.717) is 0 Å². The summed E-state index contributed by atoms with van der Waals surface area (Å²) in [6.45, 7) is 0. The fourth-order valence-electron chi connectivity index (χ4n) is 0.978. The van der Waals surface area contributed by atoms with Crippen LogP contribution in [0.15, 0.2) is 34.7 Å². The molecule has 2 aliphatic heterocycles. The second-order valence-corrected chi connectivity index (χ2v) is 3.24. The van der Waals surface area contributed by atoms with Gasteiger partial charge < -0.3 is 4.90 Å². The van der Waals surface area contributed by atoms with Crippen LogP contribution in [-0.2, 0) is 0 Å². The number of hydrogen-bond donors (Lipinski definition) is 0. The average Bonchev–Trinajstić information content (AvgIpc) is 2.34. The van der Waals surface area contributed by atoms with Gasteiger partial charge in [-0.15, -0.1) is 0 Å². The first-order valence-electron chi connectivity index (χ1n) is 3.04. The smallest absolute Gasteiger partial charge is 0.195 e. The molecule has 0 saturated carbocycles. The van der Waals surface area contributed by atoms with Gasteiger partial charge in [-0.1, -0.05) is 6.08 Å². The van der Waals surface area contributed by atoms with Crippen molar-refractivity contribution in [1.82, 2.24) is 4.90 Å². The summed E-state index contributed by atoms with van der Waals surface area (Å²) >= 11 is 2.25. The molecule has 0 saturated heterocycles. The molecule has 2 aliphatic rings. The molecule has 0 N–H and O–H groups in total. The number of nitrogens with zero attached hydrogens (tertiary/aromatic N) is 3. The zero-order valence-corrected chi connectivity index (χ0v) is 7.34. The molecule has 0 spiro atoms. The molecule has 0 aromatic rings. The minimum Gasteiger partial charge on any atom is -0.319 e. The third-order valence-electron chi connectivity index (χ3n) is 1.48. The number of alkyl halides is 1. The highest BCUT2D eigenvalue weighted by Crippen LogP contribution is 2.25.